The van der Waals surface area contributed by atoms with Crippen molar-refractivity contribution in [3.05, 3.63) is 0 Å². The highest BCUT2D eigenvalue weighted by molar-refractivity contribution is 7.89. The molecule has 0 saturated carbocycles. The third kappa shape index (κ3) is 5.41. The summed E-state index contributed by atoms with van der Waals surface area (Å²) in [5, 5.41) is 3.38. The molecule has 0 amide bonds. The van der Waals surface area contributed by atoms with Gasteiger partial charge in [0.2, 0.25) is 10.0 Å². The van der Waals surface area contributed by atoms with Crippen LogP contribution in [0.15, 0.2) is 0 Å². The van der Waals surface area contributed by atoms with Crippen LogP contribution in [-0.2, 0) is 10.0 Å². The van der Waals surface area contributed by atoms with Crippen molar-refractivity contribution in [1.82, 2.24) is 14.5 Å². The number of likely N-dealkylation sites (tertiary alicyclic amines) is 1. The Labute approximate surface area is 148 Å². The van der Waals surface area contributed by atoms with Gasteiger partial charge in [0.05, 0.1) is 5.75 Å². The average Bonchev–Trinajstić information content (AvgIpc) is 3.13. The summed E-state index contributed by atoms with van der Waals surface area (Å²) in [7, 11) is -3.04. The van der Waals surface area contributed by atoms with Crippen LogP contribution in [0.2, 0.25) is 0 Å². The fourth-order valence-corrected chi connectivity index (χ4v) is 6.12. The largest absolute Gasteiger partial charge is 0.316 e. The molecule has 0 radical (unpaired) electrons. The van der Waals surface area contributed by atoms with E-state index in [0.29, 0.717) is 11.7 Å². The van der Waals surface area contributed by atoms with E-state index in [4.69, 9.17) is 0 Å². The zero-order chi connectivity index (χ0) is 16.8. The molecule has 0 aromatic rings. The molecule has 0 bridgehead atoms. The fourth-order valence-electron chi connectivity index (χ4n) is 4.46. The third-order valence-electron chi connectivity index (χ3n) is 6.20. The molecule has 1 atom stereocenters. The second-order valence-electron chi connectivity index (χ2n) is 8.00. The Bertz CT molecular complexity index is 463. The predicted molar refractivity (Wildman–Crippen MR) is 98.6 cm³/mol. The summed E-state index contributed by atoms with van der Waals surface area (Å²) in [4.78, 5) is 2.57. The van der Waals surface area contributed by atoms with E-state index in [1.807, 2.05) is 0 Å². The lowest BCUT2D eigenvalue weighted by Gasteiger charge is -2.32. The Morgan fingerprint density at radius 2 is 1.62 bits per heavy atom. The van der Waals surface area contributed by atoms with Crippen molar-refractivity contribution in [1.29, 1.82) is 0 Å². The summed E-state index contributed by atoms with van der Waals surface area (Å²) in [6, 6.07) is 0. The van der Waals surface area contributed by atoms with Crippen molar-refractivity contribution in [2.45, 2.75) is 51.4 Å². The SMILES string of the molecule is O=S(=O)(CCC1CCCNC1)N1CCC(CCN2CCCC2)CC1. The Morgan fingerprint density at radius 3 is 2.29 bits per heavy atom. The lowest BCUT2D eigenvalue weighted by Crippen LogP contribution is -2.41. The Balaban J connectivity index is 1.36. The highest BCUT2D eigenvalue weighted by atomic mass is 32.2. The zero-order valence-electron chi connectivity index (χ0n) is 15.1. The molecule has 0 aromatic carbocycles. The van der Waals surface area contributed by atoms with Crippen LogP contribution in [0, 0.1) is 11.8 Å². The molecule has 1 N–H and O–H groups in total. The van der Waals surface area contributed by atoms with Gasteiger partial charge in [-0.25, -0.2) is 12.7 Å². The molecule has 3 rings (SSSR count). The molecule has 3 aliphatic rings. The molecule has 5 nitrogen and oxygen atoms in total. The molecule has 140 valence electrons. The van der Waals surface area contributed by atoms with Crippen LogP contribution in [0.25, 0.3) is 0 Å². The normalized spacial score (nSPS) is 28.4. The quantitative estimate of drug-likeness (QED) is 0.756. The van der Waals surface area contributed by atoms with E-state index in [0.717, 1.165) is 51.4 Å². The second-order valence-corrected chi connectivity index (χ2v) is 10.1. The van der Waals surface area contributed by atoms with Crippen LogP contribution in [0.3, 0.4) is 0 Å². The van der Waals surface area contributed by atoms with Crippen LogP contribution >= 0.6 is 0 Å². The Hall–Kier alpha value is -0.170. The number of nitrogens with zero attached hydrogens (tertiary/aromatic N) is 2. The van der Waals surface area contributed by atoms with E-state index in [9.17, 15) is 8.42 Å². The number of piperidine rings is 2. The van der Waals surface area contributed by atoms with Gasteiger partial charge in [-0.2, -0.15) is 0 Å². The number of sulfonamides is 1. The minimum atomic E-state index is -3.04. The van der Waals surface area contributed by atoms with E-state index in [1.54, 1.807) is 4.31 Å². The van der Waals surface area contributed by atoms with Crippen molar-refractivity contribution in [2.24, 2.45) is 11.8 Å². The maximum Gasteiger partial charge on any atom is 0.214 e. The molecule has 6 heteroatoms. The zero-order valence-corrected chi connectivity index (χ0v) is 15.9. The first-order chi connectivity index (χ1) is 11.6. The monoisotopic (exact) mass is 357 g/mol. The Morgan fingerprint density at radius 1 is 0.875 bits per heavy atom. The first kappa shape index (κ1) is 18.6. The van der Waals surface area contributed by atoms with Gasteiger partial charge in [-0.3, -0.25) is 0 Å². The van der Waals surface area contributed by atoms with Crippen LogP contribution in [0.5, 0.6) is 0 Å². The van der Waals surface area contributed by atoms with Crippen molar-refractivity contribution >= 4 is 10.0 Å². The summed E-state index contributed by atoms with van der Waals surface area (Å²) < 4.78 is 27.0. The van der Waals surface area contributed by atoms with E-state index in [2.05, 4.69) is 10.2 Å². The first-order valence-corrected chi connectivity index (χ1v) is 11.7. The molecule has 3 aliphatic heterocycles. The molecular weight excluding hydrogens is 322 g/mol. The number of nitrogens with one attached hydrogen (secondary N) is 1. The van der Waals surface area contributed by atoms with Crippen molar-refractivity contribution < 1.29 is 8.42 Å². The van der Waals surface area contributed by atoms with Gasteiger partial charge >= 0.3 is 0 Å². The second kappa shape index (κ2) is 8.97. The van der Waals surface area contributed by atoms with Crippen LogP contribution in [0.4, 0.5) is 0 Å². The van der Waals surface area contributed by atoms with Gasteiger partial charge in [-0.1, -0.05) is 0 Å². The summed E-state index contributed by atoms with van der Waals surface area (Å²) >= 11 is 0. The molecule has 3 heterocycles. The van der Waals surface area contributed by atoms with E-state index in [-0.39, 0.29) is 0 Å². The number of hydrogen-bond donors (Lipinski definition) is 1. The molecule has 0 spiro atoms. The van der Waals surface area contributed by atoms with Crippen molar-refractivity contribution in [3.63, 3.8) is 0 Å². The van der Waals surface area contributed by atoms with Crippen LogP contribution in [0.1, 0.15) is 51.4 Å². The number of hydrogen-bond acceptors (Lipinski definition) is 4. The molecule has 3 fully saturated rings. The van der Waals surface area contributed by atoms with Crippen molar-refractivity contribution in [2.75, 3.05) is 51.6 Å². The smallest absolute Gasteiger partial charge is 0.214 e. The summed E-state index contributed by atoms with van der Waals surface area (Å²) in [6.45, 7) is 7.33. The molecular formula is C18H35N3O2S. The molecule has 1 unspecified atom stereocenters. The summed E-state index contributed by atoms with van der Waals surface area (Å²) in [5.41, 5.74) is 0. The van der Waals surface area contributed by atoms with Gasteiger partial charge in [0.25, 0.3) is 0 Å². The fraction of sp³-hybridized carbons (Fsp3) is 1.00. The van der Waals surface area contributed by atoms with E-state index < -0.39 is 10.0 Å². The topological polar surface area (TPSA) is 52.7 Å². The van der Waals surface area contributed by atoms with Crippen LogP contribution in [-0.4, -0.2) is 69.2 Å². The van der Waals surface area contributed by atoms with Gasteiger partial charge in [0, 0.05) is 13.1 Å². The van der Waals surface area contributed by atoms with Gasteiger partial charge in [0.1, 0.15) is 0 Å². The maximum atomic E-state index is 12.6. The standard InChI is InChI=1S/C18H35N3O2S/c22-24(23,15-8-18-4-3-9-19-16-18)21-13-6-17(7-14-21)5-12-20-10-1-2-11-20/h17-19H,1-16H2. The maximum absolute atomic E-state index is 12.6. The predicted octanol–water partition coefficient (Wildman–Crippen LogP) is 1.90. The van der Waals surface area contributed by atoms with Gasteiger partial charge in [-0.15, -0.1) is 0 Å². The lowest BCUT2D eigenvalue weighted by atomic mass is 9.94. The van der Waals surface area contributed by atoms with Crippen molar-refractivity contribution in [3.8, 4) is 0 Å². The van der Waals surface area contributed by atoms with E-state index in [1.165, 1.54) is 51.7 Å². The Kier molecular flexibility index (Phi) is 6.96. The molecule has 0 aliphatic carbocycles. The molecule has 0 aromatic heterocycles. The third-order valence-corrected chi connectivity index (χ3v) is 8.11. The molecule has 3 saturated heterocycles. The lowest BCUT2D eigenvalue weighted by molar-refractivity contribution is 0.231. The highest BCUT2D eigenvalue weighted by Gasteiger charge is 2.29. The molecule has 24 heavy (non-hydrogen) atoms. The van der Waals surface area contributed by atoms with Gasteiger partial charge in [-0.05, 0) is 95.9 Å². The summed E-state index contributed by atoms with van der Waals surface area (Å²) in [6.07, 6.45) is 9.26. The van der Waals surface area contributed by atoms with Crippen LogP contribution < -0.4 is 5.32 Å². The van der Waals surface area contributed by atoms with Gasteiger partial charge < -0.3 is 10.2 Å². The summed E-state index contributed by atoms with van der Waals surface area (Å²) in [5.74, 6) is 1.61. The highest BCUT2D eigenvalue weighted by Crippen LogP contribution is 2.25. The number of rotatable bonds is 7. The average molecular weight is 358 g/mol. The minimum absolute atomic E-state index is 0.345. The minimum Gasteiger partial charge on any atom is -0.316 e. The van der Waals surface area contributed by atoms with Gasteiger partial charge in [0.15, 0.2) is 0 Å². The van der Waals surface area contributed by atoms with E-state index >= 15 is 0 Å². The first-order valence-electron chi connectivity index (χ1n) is 10.0.